The normalized spacial score (nSPS) is 17.7. The highest BCUT2D eigenvalue weighted by Gasteiger charge is 2.25. The average molecular weight is 257 g/mol. The van der Waals surface area contributed by atoms with Crippen LogP contribution in [0.15, 0.2) is 18.3 Å². The zero-order valence-electron chi connectivity index (χ0n) is 11.4. The lowest BCUT2D eigenvalue weighted by Gasteiger charge is -2.13. The van der Waals surface area contributed by atoms with Crippen LogP contribution in [0.5, 0.6) is 0 Å². The van der Waals surface area contributed by atoms with E-state index in [1.165, 1.54) is 23.1 Å². The maximum Gasteiger partial charge on any atom is 0.216 e. The molecular weight excluding hydrogens is 238 g/mol. The molecule has 1 amide bonds. The molecule has 0 saturated carbocycles. The number of rotatable bonds is 3. The van der Waals surface area contributed by atoms with E-state index in [4.69, 9.17) is 0 Å². The zero-order valence-corrected chi connectivity index (χ0v) is 11.4. The van der Waals surface area contributed by atoms with E-state index in [-0.39, 0.29) is 5.91 Å². The van der Waals surface area contributed by atoms with Crippen molar-refractivity contribution in [3.63, 3.8) is 0 Å². The van der Waals surface area contributed by atoms with E-state index in [1.807, 2.05) is 11.4 Å². The van der Waals surface area contributed by atoms with E-state index in [2.05, 4.69) is 28.7 Å². The van der Waals surface area contributed by atoms with E-state index in [9.17, 15) is 4.79 Å². The molecule has 0 bridgehead atoms. The zero-order chi connectivity index (χ0) is 13.4. The Kier molecular flexibility index (Phi) is 3.01. The molecule has 1 aliphatic carbocycles. The van der Waals surface area contributed by atoms with Gasteiger partial charge in [0.05, 0.1) is 11.2 Å². The molecule has 0 radical (unpaired) electrons. The molecule has 2 aromatic rings. The maximum atomic E-state index is 11.0. The molecule has 1 N–H and O–H groups in total. The summed E-state index contributed by atoms with van der Waals surface area (Å²) in [6.45, 7) is 4.36. The fourth-order valence-corrected chi connectivity index (χ4v) is 3.12. The van der Waals surface area contributed by atoms with Crippen molar-refractivity contribution in [1.82, 2.24) is 14.9 Å². The number of pyridine rings is 1. The molecule has 2 aromatic heterocycles. The minimum Gasteiger partial charge on any atom is -0.356 e. The second kappa shape index (κ2) is 4.68. The summed E-state index contributed by atoms with van der Waals surface area (Å²) in [7, 11) is 0. The van der Waals surface area contributed by atoms with Gasteiger partial charge in [-0.25, -0.2) is 4.52 Å². The molecule has 4 nitrogen and oxygen atoms in total. The van der Waals surface area contributed by atoms with Crippen molar-refractivity contribution in [2.24, 2.45) is 0 Å². The summed E-state index contributed by atoms with van der Waals surface area (Å²) in [6.07, 6.45) is 5.38. The smallest absolute Gasteiger partial charge is 0.216 e. The molecule has 100 valence electrons. The number of aromatic nitrogens is 2. The molecule has 0 saturated heterocycles. The maximum absolute atomic E-state index is 11.0. The molecule has 2 heterocycles. The van der Waals surface area contributed by atoms with Crippen LogP contribution in [0.25, 0.3) is 5.52 Å². The van der Waals surface area contributed by atoms with Crippen LogP contribution in [0.4, 0.5) is 0 Å². The summed E-state index contributed by atoms with van der Waals surface area (Å²) in [4.78, 5) is 11.0. The van der Waals surface area contributed by atoms with Gasteiger partial charge in [-0.15, -0.1) is 0 Å². The molecule has 3 rings (SSSR count). The number of carbonyl (C=O) groups is 1. The first-order valence-electron chi connectivity index (χ1n) is 6.87. The van der Waals surface area contributed by atoms with E-state index in [1.54, 1.807) is 6.92 Å². The van der Waals surface area contributed by atoms with Crippen LogP contribution in [0.1, 0.15) is 42.5 Å². The number of nitrogens with one attached hydrogen (secondary N) is 1. The van der Waals surface area contributed by atoms with Gasteiger partial charge in [-0.3, -0.25) is 4.79 Å². The largest absolute Gasteiger partial charge is 0.356 e. The summed E-state index contributed by atoms with van der Waals surface area (Å²) in [5, 5.41) is 7.38. The van der Waals surface area contributed by atoms with E-state index < -0.39 is 0 Å². The minimum absolute atomic E-state index is 0.0524. The SMILES string of the molecule is CC(=O)NCC[C@@H]1CCc2ccn3nc(C)cc3c21. The Morgan fingerprint density at radius 2 is 2.42 bits per heavy atom. The Bertz CT molecular complexity index is 630. The van der Waals surface area contributed by atoms with Gasteiger partial charge in [0.25, 0.3) is 0 Å². The Labute approximate surface area is 112 Å². The first kappa shape index (κ1) is 12.2. The lowest BCUT2D eigenvalue weighted by atomic mass is 9.97. The second-order valence-corrected chi connectivity index (χ2v) is 5.38. The van der Waals surface area contributed by atoms with Gasteiger partial charge >= 0.3 is 0 Å². The van der Waals surface area contributed by atoms with Crippen LogP contribution < -0.4 is 5.32 Å². The molecule has 19 heavy (non-hydrogen) atoms. The molecule has 0 aliphatic heterocycles. The second-order valence-electron chi connectivity index (χ2n) is 5.38. The average Bonchev–Trinajstić information content (AvgIpc) is 2.90. The molecule has 0 fully saturated rings. The molecule has 0 unspecified atom stereocenters. The van der Waals surface area contributed by atoms with Crippen LogP contribution >= 0.6 is 0 Å². The number of aryl methyl sites for hydroxylation is 2. The molecule has 1 aliphatic rings. The lowest BCUT2D eigenvalue weighted by molar-refractivity contribution is -0.118. The van der Waals surface area contributed by atoms with E-state index >= 15 is 0 Å². The number of hydrogen-bond acceptors (Lipinski definition) is 2. The lowest BCUT2D eigenvalue weighted by Crippen LogP contribution is -2.22. The number of carbonyl (C=O) groups excluding carboxylic acids is 1. The fraction of sp³-hybridized carbons (Fsp3) is 0.467. The number of fused-ring (bicyclic) bond motifs is 3. The molecule has 4 heteroatoms. The van der Waals surface area contributed by atoms with Crippen molar-refractivity contribution < 1.29 is 4.79 Å². The number of hydrogen-bond donors (Lipinski definition) is 1. The Hall–Kier alpha value is -1.84. The Morgan fingerprint density at radius 1 is 1.58 bits per heavy atom. The van der Waals surface area contributed by atoms with Crippen molar-refractivity contribution in [1.29, 1.82) is 0 Å². The summed E-state index contributed by atoms with van der Waals surface area (Å²) < 4.78 is 1.98. The fourth-order valence-electron chi connectivity index (χ4n) is 3.12. The van der Waals surface area contributed by atoms with Crippen molar-refractivity contribution in [3.8, 4) is 0 Å². The Morgan fingerprint density at radius 3 is 3.21 bits per heavy atom. The summed E-state index contributed by atoms with van der Waals surface area (Å²) >= 11 is 0. The predicted octanol–water partition coefficient (Wildman–Crippen LogP) is 2.20. The monoisotopic (exact) mass is 257 g/mol. The number of amides is 1. The van der Waals surface area contributed by atoms with E-state index in [0.717, 1.165) is 25.1 Å². The first-order chi connectivity index (χ1) is 9.15. The van der Waals surface area contributed by atoms with E-state index in [0.29, 0.717) is 5.92 Å². The van der Waals surface area contributed by atoms with Crippen LogP contribution in [-0.4, -0.2) is 22.1 Å². The summed E-state index contributed by atoms with van der Waals surface area (Å²) in [6, 6.07) is 4.35. The third kappa shape index (κ3) is 2.23. The van der Waals surface area contributed by atoms with Gasteiger partial charge in [0.2, 0.25) is 5.91 Å². The first-order valence-corrected chi connectivity index (χ1v) is 6.87. The van der Waals surface area contributed by atoms with Crippen molar-refractivity contribution in [3.05, 3.63) is 35.2 Å². The van der Waals surface area contributed by atoms with Gasteiger partial charge < -0.3 is 5.32 Å². The van der Waals surface area contributed by atoms with Crippen molar-refractivity contribution in [2.45, 2.75) is 39.0 Å². The third-order valence-corrected chi connectivity index (χ3v) is 3.93. The summed E-state index contributed by atoms with van der Waals surface area (Å²) in [5.74, 6) is 0.596. The minimum atomic E-state index is 0.0524. The van der Waals surface area contributed by atoms with Crippen LogP contribution in [0.3, 0.4) is 0 Å². The standard InChI is InChI=1S/C15H19N3O/c1-10-9-14-15-12(5-7-16-11(2)19)3-4-13(15)6-8-18(14)17-10/h6,8-9,12H,3-5,7H2,1-2H3,(H,16,19)/t12-/m0/s1. The highest BCUT2D eigenvalue weighted by atomic mass is 16.1. The van der Waals surface area contributed by atoms with Gasteiger partial charge in [-0.1, -0.05) is 0 Å². The van der Waals surface area contributed by atoms with Gasteiger partial charge in [0.1, 0.15) is 0 Å². The molecule has 0 spiro atoms. The molecule has 1 atom stereocenters. The topological polar surface area (TPSA) is 46.4 Å². The van der Waals surface area contributed by atoms with Gasteiger partial charge in [-0.05, 0) is 55.4 Å². The van der Waals surface area contributed by atoms with Crippen LogP contribution in [0, 0.1) is 6.92 Å². The summed E-state index contributed by atoms with van der Waals surface area (Å²) in [5.41, 5.74) is 5.18. The van der Waals surface area contributed by atoms with Crippen molar-refractivity contribution >= 4 is 11.4 Å². The van der Waals surface area contributed by atoms with Gasteiger partial charge in [0, 0.05) is 19.7 Å². The Balaban J connectivity index is 1.89. The van der Waals surface area contributed by atoms with Crippen LogP contribution in [-0.2, 0) is 11.2 Å². The molecular formula is C15H19N3O. The predicted molar refractivity (Wildman–Crippen MR) is 74.3 cm³/mol. The third-order valence-electron chi connectivity index (χ3n) is 3.93. The number of nitrogens with zero attached hydrogens (tertiary/aromatic N) is 2. The van der Waals surface area contributed by atoms with Gasteiger partial charge in [0.15, 0.2) is 0 Å². The van der Waals surface area contributed by atoms with Crippen LogP contribution in [0.2, 0.25) is 0 Å². The molecule has 0 aromatic carbocycles. The van der Waals surface area contributed by atoms with Gasteiger partial charge in [-0.2, -0.15) is 5.10 Å². The van der Waals surface area contributed by atoms with Crippen molar-refractivity contribution in [2.75, 3.05) is 6.54 Å². The highest BCUT2D eigenvalue weighted by molar-refractivity contribution is 5.72. The quantitative estimate of drug-likeness (QED) is 0.916. The highest BCUT2D eigenvalue weighted by Crippen LogP contribution is 2.38.